The van der Waals surface area contributed by atoms with Gasteiger partial charge in [0.1, 0.15) is 5.75 Å². The molecule has 0 saturated carbocycles. The number of ether oxygens (including phenoxy) is 2. The molecule has 0 N–H and O–H groups in total. The second kappa shape index (κ2) is 4.82. The standard InChI is InChI=1S/C17H19NO2/c1-17(2,3)11-19-16-15-13(8-9-18-16)10-12-6-4-5-7-14(12)20-15/h4-9H,10-11H2,1-3H3. The van der Waals surface area contributed by atoms with E-state index in [9.17, 15) is 0 Å². The Kier molecular flexibility index (Phi) is 3.13. The molecule has 0 saturated heterocycles. The first-order chi connectivity index (χ1) is 9.53. The second-order valence-electron chi connectivity index (χ2n) is 6.34. The summed E-state index contributed by atoms with van der Waals surface area (Å²) in [5, 5.41) is 0. The zero-order valence-corrected chi connectivity index (χ0v) is 12.1. The van der Waals surface area contributed by atoms with Crippen LogP contribution in [0.2, 0.25) is 0 Å². The maximum atomic E-state index is 5.99. The molecule has 0 unspecified atom stereocenters. The van der Waals surface area contributed by atoms with Gasteiger partial charge in [0.05, 0.1) is 6.61 Å². The molecule has 2 heterocycles. The Labute approximate surface area is 119 Å². The molecule has 0 aliphatic carbocycles. The Morgan fingerprint density at radius 1 is 1.15 bits per heavy atom. The van der Waals surface area contributed by atoms with Crippen molar-refractivity contribution in [1.29, 1.82) is 0 Å². The fourth-order valence-corrected chi connectivity index (χ4v) is 2.17. The number of hydrogen-bond donors (Lipinski definition) is 0. The Hall–Kier alpha value is -2.03. The highest BCUT2D eigenvalue weighted by Gasteiger charge is 2.22. The summed E-state index contributed by atoms with van der Waals surface area (Å²) in [6.07, 6.45) is 2.65. The molecule has 0 spiro atoms. The highest BCUT2D eigenvalue weighted by atomic mass is 16.5. The first-order valence-corrected chi connectivity index (χ1v) is 6.89. The van der Waals surface area contributed by atoms with Crippen LogP contribution in [0.25, 0.3) is 0 Å². The fourth-order valence-electron chi connectivity index (χ4n) is 2.17. The van der Waals surface area contributed by atoms with E-state index >= 15 is 0 Å². The van der Waals surface area contributed by atoms with E-state index in [2.05, 4.69) is 31.8 Å². The molecular formula is C17H19NO2. The van der Waals surface area contributed by atoms with E-state index in [1.807, 2.05) is 24.3 Å². The Bertz CT molecular complexity index is 629. The topological polar surface area (TPSA) is 31.4 Å². The number of nitrogens with zero attached hydrogens (tertiary/aromatic N) is 1. The lowest BCUT2D eigenvalue weighted by Gasteiger charge is -2.23. The summed E-state index contributed by atoms with van der Waals surface area (Å²) in [5.41, 5.74) is 2.42. The highest BCUT2D eigenvalue weighted by Crippen LogP contribution is 2.41. The van der Waals surface area contributed by atoms with Gasteiger partial charge in [0.2, 0.25) is 0 Å². The minimum atomic E-state index is 0.0942. The van der Waals surface area contributed by atoms with Crippen molar-refractivity contribution in [1.82, 2.24) is 4.98 Å². The number of rotatable bonds is 2. The number of benzene rings is 1. The largest absolute Gasteiger partial charge is 0.474 e. The fraction of sp³-hybridized carbons (Fsp3) is 0.353. The number of fused-ring (bicyclic) bond motifs is 2. The predicted octanol–water partition coefficient (Wildman–Crippen LogP) is 4.20. The zero-order valence-electron chi connectivity index (χ0n) is 12.1. The van der Waals surface area contributed by atoms with Crippen molar-refractivity contribution in [2.75, 3.05) is 6.61 Å². The van der Waals surface area contributed by atoms with Crippen molar-refractivity contribution in [2.24, 2.45) is 5.41 Å². The molecule has 3 nitrogen and oxygen atoms in total. The minimum Gasteiger partial charge on any atom is -0.474 e. The van der Waals surface area contributed by atoms with Gasteiger partial charge in [-0.15, -0.1) is 0 Å². The highest BCUT2D eigenvalue weighted by molar-refractivity contribution is 5.53. The van der Waals surface area contributed by atoms with Crippen molar-refractivity contribution in [3.8, 4) is 17.4 Å². The monoisotopic (exact) mass is 269 g/mol. The Balaban J connectivity index is 1.90. The van der Waals surface area contributed by atoms with E-state index in [0.717, 1.165) is 23.5 Å². The van der Waals surface area contributed by atoms with Crippen molar-refractivity contribution in [2.45, 2.75) is 27.2 Å². The van der Waals surface area contributed by atoms with E-state index in [-0.39, 0.29) is 5.41 Å². The van der Waals surface area contributed by atoms with Crippen LogP contribution in [0.5, 0.6) is 17.4 Å². The second-order valence-corrected chi connectivity index (χ2v) is 6.34. The van der Waals surface area contributed by atoms with Crippen LogP contribution in [0.15, 0.2) is 36.5 Å². The van der Waals surface area contributed by atoms with Gasteiger partial charge in [-0.05, 0) is 23.1 Å². The van der Waals surface area contributed by atoms with Crippen LogP contribution in [-0.2, 0) is 6.42 Å². The molecule has 2 aromatic rings. The molecule has 0 radical (unpaired) electrons. The van der Waals surface area contributed by atoms with Gasteiger partial charge in [-0.25, -0.2) is 4.98 Å². The van der Waals surface area contributed by atoms with Gasteiger partial charge in [0, 0.05) is 18.2 Å². The quantitative estimate of drug-likeness (QED) is 0.698. The maximum absolute atomic E-state index is 5.99. The third-order valence-corrected chi connectivity index (χ3v) is 3.16. The van der Waals surface area contributed by atoms with Gasteiger partial charge in [-0.1, -0.05) is 39.0 Å². The summed E-state index contributed by atoms with van der Waals surface area (Å²) < 4.78 is 11.8. The van der Waals surface area contributed by atoms with Crippen LogP contribution < -0.4 is 9.47 Å². The van der Waals surface area contributed by atoms with Gasteiger partial charge in [0.25, 0.3) is 5.88 Å². The molecule has 1 aromatic carbocycles. The third-order valence-electron chi connectivity index (χ3n) is 3.16. The normalized spacial score (nSPS) is 13.2. The minimum absolute atomic E-state index is 0.0942. The third kappa shape index (κ3) is 2.62. The first kappa shape index (κ1) is 13.0. The van der Waals surface area contributed by atoms with Gasteiger partial charge in [-0.3, -0.25) is 0 Å². The lowest BCUT2D eigenvalue weighted by molar-refractivity contribution is 0.185. The summed E-state index contributed by atoms with van der Waals surface area (Å²) in [4.78, 5) is 4.32. The average Bonchev–Trinajstić information content (AvgIpc) is 2.42. The number of para-hydroxylation sites is 1. The molecule has 0 amide bonds. The van der Waals surface area contributed by atoms with Crippen molar-refractivity contribution < 1.29 is 9.47 Å². The first-order valence-electron chi connectivity index (χ1n) is 6.89. The number of hydrogen-bond acceptors (Lipinski definition) is 3. The van der Waals surface area contributed by atoms with Gasteiger partial charge in [0.15, 0.2) is 5.75 Å². The molecule has 3 rings (SSSR count). The molecule has 3 heteroatoms. The van der Waals surface area contributed by atoms with Crippen LogP contribution in [0, 0.1) is 5.41 Å². The molecular weight excluding hydrogens is 250 g/mol. The lowest BCUT2D eigenvalue weighted by Crippen LogP contribution is -2.18. The van der Waals surface area contributed by atoms with E-state index in [1.165, 1.54) is 5.56 Å². The van der Waals surface area contributed by atoms with Crippen LogP contribution in [0.3, 0.4) is 0 Å². The summed E-state index contributed by atoms with van der Waals surface area (Å²) in [5.74, 6) is 2.25. The van der Waals surface area contributed by atoms with E-state index in [4.69, 9.17) is 9.47 Å². The summed E-state index contributed by atoms with van der Waals surface area (Å²) in [7, 11) is 0. The number of pyridine rings is 1. The summed E-state index contributed by atoms with van der Waals surface area (Å²) in [6, 6.07) is 10.1. The number of aromatic nitrogens is 1. The molecule has 20 heavy (non-hydrogen) atoms. The Morgan fingerprint density at radius 3 is 2.75 bits per heavy atom. The molecule has 1 aromatic heterocycles. The molecule has 1 aliphatic rings. The predicted molar refractivity (Wildman–Crippen MR) is 78.5 cm³/mol. The van der Waals surface area contributed by atoms with Gasteiger partial charge in [-0.2, -0.15) is 0 Å². The van der Waals surface area contributed by atoms with Gasteiger partial charge >= 0.3 is 0 Å². The van der Waals surface area contributed by atoms with Crippen molar-refractivity contribution >= 4 is 0 Å². The van der Waals surface area contributed by atoms with Crippen molar-refractivity contribution in [3.63, 3.8) is 0 Å². The average molecular weight is 269 g/mol. The van der Waals surface area contributed by atoms with Gasteiger partial charge < -0.3 is 9.47 Å². The van der Waals surface area contributed by atoms with Crippen LogP contribution >= 0.6 is 0 Å². The molecule has 0 bridgehead atoms. The molecule has 0 fully saturated rings. The molecule has 0 atom stereocenters. The van der Waals surface area contributed by atoms with Crippen LogP contribution in [0.4, 0.5) is 0 Å². The zero-order chi connectivity index (χ0) is 14.2. The lowest BCUT2D eigenvalue weighted by atomic mass is 9.98. The Morgan fingerprint density at radius 2 is 1.95 bits per heavy atom. The van der Waals surface area contributed by atoms with E-state index in [1.54, 1.807) is 6.20 Å². The van der Waals surface area contributed by atoms with Crippen LogP contribution in [-0.4, -0.2) is 11.6 Å². The molecule has 104 valence electrons. The van der Waals surface area contributed by atoms with Crippen molar-refractivity contribution in [3.05, 3.63) is 47.7 Å². The SMILES string of the molecule is CC(C)(C)COc1nccc2c1Oc1ccccc1C2. The molecule has 1 aliphatic heterocycles. The van der Waals surface area contributed by atoms with Crippen LogP contribution in [0.1, 0.15) is 31.9 Å². The van der Waals surface area contributed by atoms with E-state index < -0.39 is 0 Å². The summed E-state index contributed by atoms with van der Waals surface area (Å²) in [6.45, 7) is 7.02. The smallest absolute Gasteiger partial charge is 0.257 e. The maximum Gasteiger partial charge on any atom is 0.257 e. The summed E-state index contributed by atoms with van der Waals surface area (Å²) >= 11 is 0. The van der Waals surface area contributed by atoms with E-state index in [0.29, 0.717) is 12.5 Å².